The molecule has 0 heterocycles. The van der Waals surface area contributed by atoms with E-state index in [2.05, 4.69) is 9.73 Å². The second kappa shape index (κ2) is 5.48. The molecule has 0 amide bonds. The van der Waals surface area contributed by atoms with Crippen molar-refractivity contribution in [1.82, 2.24) is 4.72 Å². The zero-order chi connectivity index (χ0) is 11.2. The van der Waals surface area contributed by atoms with Gasteiger partial charge in [0.2, 0.25) is 16.1 Å². The molecule has 1 atom stereocenters. The van der Waals surface area contributed by atoms with Crippen molar-refractivity contribution in [3.05, 3.63) is 0 Å². The van der Waals surface area contributed by atoms with Crippen LogP contribution in [-0.2, 0) is 24.3 Å². The minimum absolute atomic E-state index is 0.330. The van der Waals surface area contributed by atoms with Gasteiger partial charge in [-0.25, -0.2) is 18.2 Å². The topological polar surface area (TPSA) is 102 Å². The Balaban J connectivity index is 4.55. The predicted molar refractivity (Wildman–Crippen MR) is 46.8 cm³/mol. The lowest BCUT2D eigenvalue weighted by Crippen LogP contribution is -2.43. The number of aliphatic imine (C=N–C) groups is 1. The molecule has 0 aromatic carbocycles. The molecule has 0 bridgehead atoms. The maximum Gasteiger partial charge on any atom is 0.325 e. The molecule has 80 valence electrons. The van der Waals surface area contributed by atoms with Crippen LogP contribution >= 0.6 is 0 Å². The van der Waals surface area contributed by atoms with Crippen LogP contribution in [0.3, 0.4) is 0 Å². The van der Waals surface area contributed by atoms with Crippen molar-refractivity contribution < 1.29 is 22.7 Å². The van der Waals surface area contributed by atoms with Gasteiger partial charge in [-0.2, -0.15) is 4.72 Å². The minimum atomic E-state index is -3.55. The van der Waals surface area contributed by atoms with Crippen molar-refractivity contribution in [2.45, 2.75) is 6.04 Å². The molecule has 0 aromatic heterocycles. The van der Waals surface area contributed by atoms with E-state index in [-0.39, 0.29) is 6.54 Å². The zero-order valence-corrected chi connectivity index (χ0v) is 8.50. The van der Waals surface area contributed by atoms with Crippen molar-refractivity contribution in [3.8, 4) is 0 Å². The first-order chi connectivity index (χ1) is 6.40. The van der Waals surface area contributed by atoms with E-state index in [4.69, 9.17) is 0 Å². The van der Waals surface area contributed by atoms with Gasteiger partial charge in [-0.05, 0) is 0 Å². The molecule has 0 aromatic rings. The number of carbonyl (C=O) groups excluding carboxylic acids is 2. The number of ether oxygens (including phenoxy) is 1. The number of carbonyl (C=O) groups is 1. The maximum absolute atomic E-state index is 11.0. The zero-order valence-electron chi connectivity index (χ0n) is 7.68. The molecule has 0 aliphatic rings. The molecule has 0 fully saturated rings. The van der Waals surface area contributed by atoms with E-state index in [1.54, 1.807) is 0 Å². The quantitative estimate of drug-likeness (QED) is 0.343. The van der Waals surface area contributed by atoms with Crippen molar-refractivity contribution in [2.75, 3.05) is 19.9 Å². The fourth-order valence-corrected chi connectivity index (χ4v) is 1.38. The summed E-state index contributed by atoms with van der Waals surface area (Å²) < 4.78 is 27.8. The first-order valence-electron chi connectivity index (χ1n) is 3.49. The van der Waals surface area contributed by atoms with Crippen LogP contribution in [0.4, 0.5) is 0 Å². The highest BCUT2D eigenvalue weighted by Crippen LogP contribution is 1.91. The van der Waals surface area contributed by atoms with Gasteiger partial charge in [-0.1, -0.05) is 0 Å². The molecule has 0 saturated heterocycles. The van der Waals surface area contributed by atoms with Crippen molar-refractivity contribution in [3.63, 3.8) is 0 Å². The Morgan fingerprint density at radius 1 is 1.64 bits per heavy atom. The van der Waals surface area contributed by atoms with Gasteiger partial charge in [0.05, 0.1) is 19.9 Å². The average Bonchev–Trinajstić information content (AvgIpc) is 2.09. The van der Waals surface area contributed by atoms with Crippen LogP contribution in [0, 0.1) is 0 Å². The second-order valence-corrected chi connectivity index (χ2v) is 4.18. The average molecular weight is 222 g/mol. The molecule has 8 heteroatoms. The van der Waals surface area contributed by atoms with E-state index >= 15 is 0 Å². The Morgan fingerprint density at radius 2 is 2.21 bits per heavy atom. The van der Waals surface area contributed by atoms with Gasteiger partial charge >= 0.3 is 5.97 Å². The Labute approximate surface area is 81.2 Å². The highest BCUT2D eigenvalue weighted by atomic mass is 32.2. The van der Waals surface area contributed by atoms with Gasteiger partial charge in [0.1, 0.15) is 6.04 Å². The number of nitrogens with one attached hydrogen (secondary N) is 1. The van der Waals surface area contributed by atoms with Crippen LogP contribution < -0.4 is 4.72 Å². The Bertz CT molecular complexity index is 343. The number of rotatable bonds is 5. The van der Waals surface area contributed by atoms with Gasteiger partial charge in [-0.15, -0.1) is 0 Å². The Kier molecular flexibility index (Phi) is 5.00. The van der Waals surface area contributed by atoms with Crippen LogP contribution in [0.25, 0.3) is 0 Å². The number of nitrogens with zero attached hydrogens (tertiary/aromatic N) is 1. The van der Waals surface area contributed by atoms with E-state index in [1.807, 2.05) is 4.72 Å². The standard InChI is InChI=1S/C6H10N2O5S/c1-13-6(10)5(3-7-4-9)8-14(2,11)12/h5,8H,3H2,1-2H3. The van der Waals surface area contributed by atoms with Gasteiger partial charge in [0.15, 0.2) is 0 Å². The number of hydrogen-bond donors (Lipinski definition) is 1. The van der Waals surface area contributed by atoms with Crippen molar-refractivity contribution >= 4 is 22.1 Å². The summed E-state index contributed by atoms with van der Waals surface area (Å²) in [5, 5.41) is 0. The molecule has 0 spiro atoms. The molecule has 1 N–H and O–H groups in total. The summed E-state index contributed by atoms with van der Waals surface area (Å²) in [6.07, 6.45) is 2.08. The summed E-state index contributed by atoms with van der Waals surface area (Å²) in [6.45, 7) is -0.330. The molecule has 0 radical (unpaired) electrons. The van der Waals surface area contributed by atoms with E-state index in [0.29, 0.717) is 0 Å². The van der Waals surface area contributed by atoms with Crippen LogP contribution in [0.5, 0.6) is 0 Å². The molecule has 0 aliphatic carbocycles. The third kappa shape index (κ3) is 5.41. The van der Waals surface area contributed by atoms with Gasteiger partial charge in [0.25, 0.3) is 0 Å². The van der Waals surface area contributed by atoms with Gasteiger partial charge < -0.3 is 4.74 Å². The number of sulfonamides is 1. The third-order valence-electron chi connectivity index (χ3n) is 1.18. The molecular formula is C6H10N2O5S. The Hall–Kier alpha value is -1.24. The van der Waals surface area contributed by atoms with Crippen molar-refractivity contribution in [2.24, 2.45) is 4.99 Å². The van der Waals surface area contributed by atoms with Crippen molar-refractivity contribution in [1.29, 1.82) is 0 Å². The largest absolute Gasteiger partial charge is 0.468 e. The lowest BCUT2D eigenvalue weighted by molar-refractivity contribution is -0.142. The second-order valence-electron chi connectivity index (χ2n) is 2.40. The number of hydrogen-bond acceptors (Lipinski definition) is 6. The van der Waals surface area contributed by atoms with Crippen LogP contribution in [0.1, 0.15) is 0 Å². The van der Waals surface area contributed by atoms with Gasteiger partial charge in [0, 0.05) is 0 Å². The summed E-state index contributed by atoms with van der Waals surface area (Å²) in [7, 11) is -2.45. The molecule has 1 unspecified atom stereocenters. The van der Waals surface area contributed by atoms with E-state index in [0.717, 1.165) is 13.4 Å². The molecular weight excluding hydrogens is 212 g/mol. The molecule has 14 heavy (non-hydrogen) atoms. The predicted octanol–water partition coefficient (Wildman–Crippen LogP) is -1.59. The lowest BCUT2D eigenvalue weighted by Gasteiger charge is -2.11. The number of esters is 1. The summed E-state index contributed by atoms with van der Waals surface area (Å²) in [4.78, 5) is 23.8. The first kappa shape index (κ1) is 12.8. The monoisotopic (exact) mass is 222 g/mol. The van der Waals surface area contributed by atoms with E-state index in [9.17, 15) is 18.0 Å². The summed E-state index contributed by atoms with van der Waals surface area (Å²) in [5.41, 5.74) is 0. The number of methoxy groups -OCH3 is 1. The highest BCUT2D eigenvalue weighted by Gasteiger charge is 2.22. The number of isocyanates is 1. The normalized spacial score (nSPS) is 12.7. The maximum atomic E-state index is 11.0. The van der Waals surface area contributed by atoms with Crippen LogP contribution in [-0.4, -0.2) is 46.4 Å². The lowest BCUT2D eigenvalue weighted by atomic mass is 10.3. The van der Waals surface area contributed by atoms with Gasteiger partial charge in [-0.3, -0.25) is 4.79 Å². The summed E-state index contributed by atoms with van der Waals surface area (Å²) in [5.74, 6) is -0.811. The van der Waals surface area contributed by atoms with E-state index in [1.165, 1.54) is 6.08 Å². The smallest absolute Gasteiger partial charge is 0.325 e. The third-order valence-corrected chi connectivity index (χ3v) is 1.89. The van der Waals surface area contributed by atoms with E-state index < -0.39 is 22.0 Å². The summed E-state index contributed by atoms with van der Waals surface area (Å²) in [6, 6.07) is -1.18. The fraction of sp³-hybridized carbons (Fsp3) is 0.667. The first-order valence-corrected chi connectivity index (χ1v) is 5.38. The molecule has 0 saturated carbocycles. The minimum Gasteiger partial charge on any atom is -0.468 e. The van der Waals surface area contributed by atoms with Crippen LogP contribution in [0.2, 0.25) is 0 Å². The highest BCUT2D eigenvalue weighted by molar-refractivity contribution is 7.88. The summed E-state index contributed by atoms with van der Waals surface area (Å²) >= 11 is 0. The molecule has 0 rings (SSSR count). The molecule has 7 nitrogen and oxygen atoms in total. The Morgan fingerprint density at radius 3 is 2.57 bits per heavy atom. The van der Waals surface area contributed by atoms with Crippen LogP contribution in [0.15, 0.2) is 4.99 Å². The molecule has 0 aliphatic heterocycles. The SMILES string of the molecule is COC(=O)C(CN=C=O)NS(C)(=O)=O. The fourth-order valence-electron chi connectivity index (χ4n) is 0.689.